The van der Waals surface area contributed by atoms with Gasteiger partial charge in [-0.1, -0.05) is 25.1 Å². The second-order valence-electron chi connectivity index (χ2n) is 5.92. The number of nitrogens with zero attached hydrogens (tertiary/aromatic N) is 3. The molecule has 0 saturated carbocycles. The van der Waals surface area contributed by atoms with E-state index >= 15 is 0 Å². The molecule has 1 aromatic carbocycles. The van der Waals surface area contributed by atoms with E-state index < -0.39 is 22.9 Å². The molecule has 0 N–H and O–H groups in total. The van der Waals surface area contributed by atoms with Crippen LogP contribution in [0.5, 0.6) is 0 Å². The minimum absolute atomic E-state index is 0.122. The summed E-state index contributed by atoms with van der Waals surface area (Å²) < 4.78 is 10.2. The van der Waals surface area contributed by atoms with Crippen LogP contribution in [0.15, 0.2) is 40.6 Å². The first kappa shape index (κ1) is 21.1. The van der Waals surface area contributed by atoms with Crippen LogP contribution in [0.25, 0.3) is 0 Å². The van der Waals surface area contributed by atoms with E-state index in [1.54, 1.807) is 45.9 Å². The summed E-state index contributed by atoms with van der Waals surface area (Å²) in [5, 5.41) is 16.9. The van der Waals surface area contributed by atoms with Crippen LogP contribution in [0.3, 0.4) is 0 Å². The Morgan fingerprint density at radius 3 is 2.39 bits per heavy atom. The number of esters is 1. The zero-order chi connectivity index (χ0) is 20.8. The van der Waals surface area contributed by atoms with Crippen molar-refractivity contribution in [3.05, 3.63) is 51.2 Å². The highest BCUT2D eigenvalue weighted by atomic mass is 16.6. The predicted molar refractivity (Wildman–Crippen MR) is 102 cm³/mol. The third-order valence-electron chi connectivity index (χ3n) is 4.30. The summed E-state index contributed by atoms with van der Waals surface area (Å²) in [4.78, 5) is 36.1. The number of amides is 1. The van der Waals surface area contributed by atoms with Crippen molar-refractivity contribution in [2.24, 2.45) is 5.10 Å². The molecule has 0 saturated heterocycles. The molecule has 1 atom stereocenters. The Kier molecular flexibility index (Phi) is 6.86. The van der Waals surface area contributed by atoms with E-state index in [4.69, 9.17) is 9.47 Å². The molecule has 0 bridgehead atoms. The summed E-state index contributed by atoms with van der Waals surface area (Å²) in [6.45, 7) is 6.93. The van der Waals surface area contributed by atoms with Gasteiger partial charge in [0.2, 0.25) is 0 Å². The van der Waals surface area contributed by atoms with Gasteiger partial charge in [-0.3, -0.25) is 10.1 Å². The maximum Gasteiger partial charge on any atom is 0.434 e. The third-order valence-corrected chi connectivity index (χ3v) is 4.30. The van der Waals surface area contributed by atoms with Gasteiger partial charge < -0.3 is 9.47 Å². The molecule has 0 radical (unpaired) electrons. The molecular formula is C19H23N3O6. The fourth-order valence-corrected chi connectivity index (χ4v) is 3.10. The Bertz CT molecular complexity index is 846. The van der Waals surface area contributed by atoms with Gasteiger partial charge >= 0.3 is 12.1 Å². The van der Waals surface area contributed by atoms with E-state index in [9.17, 15) is 19.7 Å². The van der Waals surface area contributed by atoms with Gasteiger partial charge in [0.25, 0.3) is 5.69 Å². The summed E-state index contributed by atoms with van der Waals surface area (Å²) >= 11 is 0. The summed E-state index contributed by atoms with van der Waals surface area (Å²) in [6.07, 6.45) is -0.364. The normalized spacial score (nSPS) is 16.5. The first-order valence-electron chi connectivity index (χ1n) is 9.02. The molecule has 1 aliphatic heterocycles. The molecule has 0 aromatic heterocycles. The number of hydrogen-bond acceptors (Lipinski definition) is 7. The number of benzene rings is 1. The summed E-state index contributed by atoms with van der Waals surface area (Å²) in [7, 11) is 0. The van der Waals surface area contributed by atoms with Gasteiger partial charge in [0.1, 0.15) is 0 Å². The average molecular weight is 389 g/mol. The molecule has 0 fully saturated rings. The number of hydrogen-bond donors (Lipinski definition) is 0. The number of hydrazone groups is 1. The van der Waals surface area contributed by atoms with Crippen LogP contribution in [0.1, 0.15) is 45.6 Å². The van der Waals surface area contributed by atoms with Gasteiger partial charge in [0.05, 0.1) is 41.0 Å². The van der Waals surface area contributed by atoms with Crippen molar-refractivity contribution in [3.63, 3.8) is 0 Å². The van der Waals surface area contributed by atoms with Crippen molar-refractivity contribution in [1.82, 2.24) is 5.01 Å². The predicted octanol–water partition coefficient (Wildman–Crippen LogP) is 3.75. The van der Waals surface area contributed by atoms with Crippen molar-refractivity contribution >= 4 is 23.5 Å². The van der Waals surface area contributed by atoms with Crippen LogP contribution in [-0.2, 0) is 14.3 Å². The largest absolute Gasteiger partial charge is 0.463 e. The monoisotopic (exact) mass is 389 g/mol. The van der Waals surface area contributed by atoms with E-state index in [0.29, 0.717) is 17.7 Å². The standard InChI is InChI=1S/C19H23N3O6/c1-5-14-17(13-10-8-9-11-15(13)22(25)26)16(18(23)27-6-2)12(4)21(20-14)19(24)28-7-3/h8-11,17H,5-7H2,1-4H3. The topological polar surface area (TPSA) is 111 Å². The fourth-order valence-electron chi connectivity index (χ4n) is 3.10. The van der Waals surface area contributed by atoms with Crippen molar-refractivity contribution in [1.29, 1.82) is 0 Å². The molecule has 150 valence electrons. The second-order valence-corrected chi connectivity index (χ2v) is 5.92. The smallest absolute Gasteiger partial charge is 0.434 e. The fraction of sp³-hybridized carbons (Fsp3) is 0.421. The molecule has 1 heterocycles. The first-order chi connectivity index (χ1) is 13.4. The van der Waals surface area contributed by atoms with Gasteiger partial charge in [-0.05, 0) is 27.2 Å². The molecule has 28 heavy (non-hydrogen) atoms. The number of carbonyl (C=O) groups is 2. The molecule has 0 aliphatic carbocycles. The summed E-state index contributed by atoms with van der Waals surface area (Å²) in [6, 6.07) is 6.17. The quantitative estimate of drug-likeness (QED) is 0.416. The van der Waals surface area contributed by atoms with Crippen LogP contribution >= 0.6 is 0 Å². The Hall–Kier alpha value is -3.23. The van der Waals surface area contributed by atoms with Crippen LogP contribution in [-0.4, -0.2) is 40.9 Å². The number of rotatable bonds is 6. The molecule has 9 nitrogen and oxygen atoms in total. The zero-order valence-electron chi connectivity index (χ0n) is 16.3. The Morgan fingerprint density at radius 2 is 1.82 bits per heavy atom. The molecule has 1 unspecified atom stereocenters. The average Bonchev–Trinajstić information content (AvgIpc) is 2.67. The first-order valence-corrected chi connectivity index (χ1v) is 9.02. The van der Waals surface area contributed by atoms with Crippen molar-refractivity contribution in [2.75, 3.05) is 13.2 Å². The summed E-state index contributed by atoms with van der Waals surface area (Å²) in [5.41, 5.74) is 0.969. The van der Waals surface area contributed by atoms with E-state index in [1.807, 2.05) is 0 Å². The van der Waals surface area contributed by atoms with Crippen molar-refractivity contribution in [2.45, 2.75) is 40.0 Å². The molecule has 1 amide bonds. The highest BCUT2D eigenvalue weighted by molar-refractivity contribution is 6.06. The number of carbonyl (C=O) groups excluding carboxylic acids is 2. The van der Waals surface area contributed by atoms with E-state index in [0.717, 1.165) is 5.01 Å². The molecule has 9 heteroatoms. The van der Waals surface area contributed by atoms with Crippen molar-refractivity contribution in [3.8, 4) is 0 Å². The van der Waals surface area contributed by atoms with Gasteiger partial charge in [-0.15, -0.1) is 0 Å². The lowest BCUT2D eigenvalue weighted by atomic mass is 9.82. The molecular weight excluding hydrogens is 366 g/mol. The van der Waals surface area contributed by atoms with Crippen LogP contribution in [0.2, 0.25) is 0 Å². The van der Waals surface area contributed by atoms with E-state index in [2.05, 4.69) is 5.10 Å². The van der Waals surface area contributed by atoms with E-state index in [1.165, 1.54) is 6.07 Å². The minimum Gasteiger partial charge on any atom is -0.463 e. The minimum atomic E-state index is -0.795. The van der Waals surface area contributed by atoms with Crippen molar-refractivity contribution < 1.29 is 24.0 Å². The highest BCUT2D eigenvalue weighted by Crippen LogP contribution is 2.39. The number of nitro benzene ring substituents is 1. The van der Waals surface area contributed by atoms with E-state index in [-0.39, 0.29) is 30.2 Å². The maximum absolute atomic E-state index is 12.8. The molecule has 1 aromatic rings. The zero-order valence-corrected chi connectivity index (χ0v) is 16.3. The molecule has 2 rings (SSSR count). The Balaban J connectivity index is 2.72. The number of nitro groups is 1. The van der Waals surface area contributed by atoms with Crippen LogP contribution in [0, 0.1) is 10.1 Å². The third kappa shape index (κ3) is 4.03. The highest BCUT2D eigenvalue weighted by Gasteiger charge is 2.40. The van der Waals surface area contributed by atoms with Crippen LogP contribution in [0.4, 0.5) is 10.5 Å². The SMILES string of the molecule is CCOC(=O)C1=C(C)N(C(=O)OCC)N=C(CC)C1c1ccccc1[N+](=O)[O-]. The van der Waals surface area contributed by atoms with Gasteiger partial charge in [-0.2, -0.15) is 10.1 Å². The lowest BCUT2D eigenvalue weighted by Gasteiger charge is -2.31. The lowest BCUT2D eigenvalue weighted by molar-refractivity contribution is -0.385. The van der Waals surface area contributed by atoms with Gasteiger partial charge in [0, 0.05) is 11.6 Å². The molecule has 0 spiro atoms. The molecule has 1 aliphatic rings. The Morgan fingerprint density at radius 1 is 1.18 bits per heavy atom. The van der Waals surface area contributed by atoms with Gasteiger partial charge in [-0.25, -0.2) is 9.59 Å². The number of allylic oxidation sites excluding steroid dienone is 1. The lowest BCUT2D eigenvalue weighted by Crippen LogP contribution is -2.36. The second kappa shape index (κ2) is 9.12. The number of ether oxygens (including phenoxy) is 2. The van der Waals surface area contributed by atoms with Crippen LogP contribution < -0.4 is 0 Å². The Labute approximate surface area is 162 Å². The summed E-state index contributed by atoms with van der Waals surface area (Å²) in [5.74, 6) is -1.45. The maximum atomic E-state index is 12.8. The number of para-hydroxylation sites is 1. The van der Waals surface area contributed by atoms with Gasteiger partial charge in [0.15, 0.2) is 0 Å².